The van der Waals surface area contributed by atoms with E-state index in [1.165, 1.54) is 12.2 Å². The molecule has 0 radical (unpaired) electrons. The average Bonchev–Trinajstić information content (AvgIpc) is 2.35. The van der Waals surface area contributed by atoms with E-state index in [9.17, 15) is 4.79 Å². The van der Waals surface area contributed by atoms with E-state index in [0.29, 0.717) is 0 Å². The molecule has 1 atom stereocenters. The summed E-state index contributed by atoms with van der Waals surface area (Å²) in [5.74, 6) is -1.10. The highest BCUT2D eigenvalue weighted by atomic mass is 16.6. The normalized spacial score (nSPS) is 21.2. The van der Waals surface area contributed by atoms with E-state index in [4.69, 9.17) is 10.2 Å². The van der Waals surface area contributed by atoms with Gasteiger partial charge in [0, 0.05) is 6.08 Å². The highest BCUT2D eigenvalue weighted by Crippen LogP contribution is 2.18. The molecule has 1 aliphatic carbocycles. The number of esters is 1. The number of ether oxygens (including phenoxy) is 1. The molecule has 0 heterocycles. The quantitative estimate of drug-likeness (QED) is 0.463. The molecular weight excluding hydrogens is 160 g/mol. The second-order valence-corrected chi connectivity index (χ2v) is 2.18. The molecule has 0 saturated heterocycles. The SMILES string of the molecule is C=CC(=O)OC1=C(O)C=CC1O. The van der Waals surface area contributed by atoms with E-state index >= 15 is 0 Å². The summed E-state index contributed by atoms with van der Waals surface area (Å²) in [7, 11) is 0. The highest BCUT2D eigenvalue weighted by molar-refractivity contribution is 5.82. The average molecular weight is 168 g/mol. The Bertz CT molecular complexity index is 275. The van der Waals surface area contributed by atoms with Crippen molar-refractivity contribution in [3.05, 3.63) is 36.3 Å². The summed E-state index contributed by atoms with van der Waals surface area (Å²) >= 11 is 0. The zero-order valence-electron chi connectivity index (χ0n) is 6.23. The van der Waals surface area contributed by atoms with Crippen molar-refractivity contribution in [1.29, 1.82) is 0 Å². The highest BCUT2D eigenvalue weighted by Gasteiger charge is 2.21. The topological polar surface area (TPSA) is 66.8 Å². The Hall–Kier alpha value is -1.55. The molecule has 4 nitrogen and oxygen atoms in total. The third-order valence-corrected chi connectivity index (χ3v) is 1.33. The van der Waals surface area contributed by atoms with Crippen LogP contribution in [0.2, 0.25) is 0 Å². The van der Waals surface area contributed by atoms with Crippen molar-refractivity contribution < 1.29 is 19.7 Å². The molecule has 64 valence electrons. The fraction of sp³-hybridized carbons (Fsp3) is 0.125. The van der Waals surface area contributed by atoms with Gasteiger partial charge in [-0.05, 0) is 12.2 Å². The zero-order valence-corrected chi connectivity index (χ0v) is 6.23. The summed E-state index contributed by atoms with van der Waals surface area (Å²) in [6.07, 6.45) is 2.47. The smallest absolute Gasteiger partial charge is 0.335 e. The van der Waals surface area contributed by atoms with Gasteiger partial charge in [-0.1, -0.05) is 6.58 Å². The monoisotopic (exact) mass is 168 g/mol. The van der Waals surface area contributed by atoms with E-state index in [-0.39, 0.29) is 11.5 Å². The van der Waals surface area contributed by atoms with Gasteiger partial charge in [0.25, 0.3) is 0 Å². The van der Waals surface area contributed by atoms with Crippen LogP contribution in [0.3, 0.4) is 0 Å². The van der Waals surface area contributed by atoms with E-state index in [0.717, 1.165) is 6.08 Å². The summed E-state index contributed by atoms with van der Waals surface area (Å²) in [6, 6.07) is 0. The molecule has 0 amide bonds. The predicted octanol–water partition coefficient (Wildman–Crippen LogP) is 0.416. The number of aliphatic hydroxyl groups is 2. The fourth-order valence-electron chi connectivity index (χ4n) is 0.766. The third-order valence-electron chi connectivity index (χ3n) is 1.33. The fourth-order valence-corrected chi connectivity index (χ4v) is 0.766. The minimum absolute atomic E-state index is 0.153. The first-order valence-electron chi connectivity index (χ1n) is 3.29. The van der Waals surface area contributed by atoms with Gasteiger partial charge in [0.1, 0.15) is 6.10 Å². The van der Waals surface area contributed by atoms with E-state index in [1.807, 2.05) is 0 Å². The van der Waals surface area contributed by atoms with Crippen LogP contribution in [0.5, 0.6) is 0 Å². The van der Waals surface area contributed by atoms with Crippen LogP contribution in [0.25, 0.3) is 0 Å². The minimum atomic E-state index is -1.05. The summed E-state index contributed by atoms with van der Waals surface area (Å²) in [4.78, 5) is 10.6. The summed E-state index contributed by atoms with van der Waals surface area (Å²) in [5.41, 5.74) is 0. The van der Waals surface area contributed by atoms with E-state index in [2.05, 4.69) is 11.3 Å². The van der Waals surface area contributed by atoms with Crippen LogP contribution in [-0.2, 0) is 9.53 Å². The largest absolute Gasteiger partial charge is 0.504 e. The van der Waals surface area contributed by atoms with E-state index in [1.54, 1.807) is 0 Å². The number of carbonyl (C=O) groups is 1. The summed E-state index contributed by atoms with van der Waals surface area (Å²) in [6.45, 7) is 3.17. The Morgan fingerprint density at radius 2 is 2.42 bits per heavy atom. The molecule has 0 bridgehead atoms. The van der Waals surface area contributed by atoms with E-state index < -0.39 is 12.1 Å². The van der Waals surface area contributed by atoms with Gasteiger partial charge >= 0.3 is 5.97 Å². The van der Waals surface area contributed by atoms with Crippen LogP contribution in [-0.4, -0.2) is 22.3 Å². The second-order valence-electron chi connectivity index (χ2n) is 2.18. The van der Waals surface area contributed by atoms with Crippen molar-refractivity contribution >= 4 is 5.97 Å². The maximum Gasteiger partial charge on any atom is 0.335 e. The Kier molecular flexibility index (Phi) is 2.30. The Morgan fingerprint density at radius 1 is 1.75 bits per heavy atom. The van der Waals surface area contributed by atoms with Crippen LogP contribution in [0.1, 0.15) is 0 Å². The Morgan fingerprint density at radius 3 is 2.83 bits per heavy atom. The first kappa shape index (κ1) is 8.55. The van der Waals surface area contributed by atoms with Crippen molar-refractivity contribution in [1.82, 2.24) is 0 Å². The molecule has 12 heavy (non-hydrogen) atoms. The van der Waals surface area contributed by atoms with Crippen LogP contribution >= 0.6 is 0 Å². The van der Waals surface area contributed by atoms with Crippen molar-refractivity contribution in [2.75, 3.05) is 0 Å². The Labute approximate surface area is 69.1 Å². The summed E-state index contributed by atoms with van der Waals surface area (Å²) in [5, 5.41) is 18.1. The molecule has 0 aromatic heterocycles. The first-order chi connectivity index (χ1) is 5.65. The molecule has 1 rings (SSSR count). The van der Waals surface area contributed by atoms with Crippen molar-refractivity contribution in [3.63, 3.8) is 0 Å². The molecule has 0 saturated carbocycles. The van der Waals surface area contributed by atoms with Gasteiger partial charge in [-0.2, -0.15) is 0 Å². The number of aliphatic hydroxyl groups excluding tert-OH is 2. The number of carbonyl (C=O) groups excluding carboxylic acids is 1. The van der Waals surface area contributed by atoms with Crippen LogP contribution in [0.4, 0.5) is 0 Å². The van der Waals surface area contributed by atoms with Gasteiger partial charge in [0.05, 0.1) is 0 Å². The van der Waals surface area contributed by atoms with Crippen LogP contribution < -0.4 is 0 Å². The zero-order chi connectivity index (χ0) is 9.14. The molecule has 0 aliphatic heterocycles. The maximum absolute atomic E-state index is 10.6. The van der Waals surface area contributed by atoms with Crippen LogP contribution in [0.15, 0.2) is 36.3 Å². The lowest BCUT2D eigenvalue weighted by Crippen LogP contribution is -2.11. The second kappa shape index (κ2) is 3.23. The maximum atomic E-state index is 10.6. The van der Waals surface area contributed by atoms with Gasteiger partial charge in [-0.15, -0.1) is 0 Å². The Balaban J connectivity index is 2.71. The first-order valence-corrected chi connectivity index (χ1v) is 3.29. The van der Waals surface area contributed by atoms with Gasteiger partial charge in [-0.3, -0.25) is 0 Å². The van der Waals surface area contributed by atoms with Gasteiger partial charge in [0.15, 0.2) is 11.5 Å². The van der Waals surface area contributed by atoms with Gasteiger partial charge < -0.3 is 14.9 Å². The molecule has 0 aromatic rings. The molecular formula is C8H8O4. The lowest BCUT2D eigenvalue weighted by Gasteiger charge is -2.06. The van der Waals surface area contributed by atoms with Crippen LogP contribution in [0, 0.1) is 0 Å². The number of hydrogen-bond donors (Lipinski definition) is 2. The lowest BCUT2D eigenvalue weighted by atomic mass is 10.3. The number of rotatable bonds is 2. The molecule has 0 spiro atoms. The molecule has 4 heteroatoms. The number of hydrogen-bond acceptors (Lipinski definition) is 4. The molecule has 2 N–H and O–H groups in total. The lowest BCUT2D eigenvalue weighted by molar-refractivity contribution is -0.135. The molecule has 1 aliphatic rings. The van der Waals surface area contributed by atoms with Crippen molar-refractivity contribution in [2.24, 2.45) is 0 Å². The standard InChI is InChI=1S/C8H8O4/c1-2-7(11)12-8-5(9)3-4-6(8)10/h2-5,9-10H,1H2. The molecule has 0 fully saturated rings. The van der Waals surface area contributed by atoms with Crippen molar-refractivity contribution in [3.8, 4) is 0 Å². The molecule has 1 unspecified atom stereocenters. The third kappa shape index (κ3) is 1.54. The summed E-state index contributed by atoms with van der Waals surface area (Å²) < 4.78 is 4.55. The predicted molar refractivity (Wildman–Crippen MR) is 41.1 cm³/mol. The van der Waals surface area contributed by atoms with Gasteiger partial charge in [-0.25, -0.2) is 4.79 Å². The number of allylic oxidation sites excluding steroid dienone is 1. The van der Waals surface area contributed by atoms with Gasteiger partial charge in [0.2, 0.25) is 0 Å². The van der Waals surface area contributed by atoms with Crippen molar-refractivity contribution in [2.45, 2.75) is 6.10 Å². The molecule has 0 aromatic carbocycles. The minimum Gasteiger partial charge on any atom is -0.504 e.